The van der Waals surface area contributed by atoms with Gasteiger partial charge in [0.15, 0.2) is 19.7 Å². The van der Waals surface area contributed by atoms with Crippen LogP contribution in [0.25, 0.3) is 22.6 Å². The van der Waals surface area contributed by atoms with E-state index in [0.717, 1.165) is 22.9 Å². The SMILES string of the molecule is CC(C)(c1nnc(-c2ccc3c(c2)N(Cc2ccc(-c4ccc(C#N)cc4)cc2)C(=O)[C@@H](N)CS3(=O)=O)o1)S(C)(=O)=O. The Balaban J connectivity index is 1.53. The summed E-state index contributed by atoms with van der Waals surface area (Å²) in [5.74, 6) is -1.29. The van der Waals surface area contributed by atoms with E-state index in [1.165, 1.54) is 36.9 Å². The molecular weight excluding hydrogens is 578 g/mol. The van der Waals surface area contributed by atoms with Gasteiger partial charge in [-0.25, -0.2) is 16.8 Å². The molecule has 0 aliphatic carbocycles. The third-order valence-corrected chi connectivity index (χ3v) is 11.2. The molecule has 1 aliphatic heterocycles. The number of carbonyl (C=O) groups excluding carboxylic acids is 1. The third kappa shape index (κ3) is 5.32. The smallest absolute Gasteiger partial charge is 0.247 e. The lowest BCUT2D eigenvalue weighted by atomic mass is 10.0. The Morgan fingerprint density at radius 2 is 1.62 bits per heavy atom. The lowest BCUT2D eigenvalue weighted by molar-refractivity contribution is -0.119. The molecule has 5 rings (SSSR count). The second-order valence-electron chi connectivity index (χ2n) is 10.6. The van der Waals surface area contributed by atoms with Crippen LogP contribution in [0.3, 0.4) is 0 Å². The van der Waals surface area contributed by atoms with Crippen LogP contribution in [0, 0.1) is 11.3 Å². The number of rotatable bonds is 6. The number of nitrogens with zero attached hydrogens (tertiary/aromatic N) is 4. The van der Waals surface area contributed by atoms with Crippen LogP contribution >= 0.6 is 0 Å². The van der Waals surface area contributed by atoms with E-state index in [4.69, 9.17) is 15.4 Å². The van der Waals surface area contributed by atoms with Gasteiger partial charge in [-0.3, -0.25) is 4.79 Å². The van der Waals surface area contributed by atoms with Gasteiger partial charge in [0.2, 0.25) is 17.7 Å². The minimum absolute atomic E-state index is 0.0301. The van der Waals surface area contributed by atoms with Crippen molar-refractivity contribution in [3.8, 4) is 28.7 Å². The zero-order valence-corrected chi connectivity index (χ0v) is 24.6. The highest BCUT2D eigenvalue weighted by Gasteiger charge is 2.39. The number of hydrogen-bond donors (Lipinski definition) is 1. The minimum Gasteiger partial charge on any atom is -0.419 e. The molecule has 0 saturated carbocycles. The van der Waals surface area contributed by atoms with Crippen LogP contribution in [0.2, 0.25) is 0 Å². The second-order valence-corrected chi connectivity index (χ2v) is 15.1. The summed E-state index contributed by atoms with van der Waals surface area (Å²) in [5, 5.41) is 16.9. The Labute approximate surface area is 243 Å². The fraction of sp³-hybridized carbons (Fsp3) is 0.241. The van der Waals surface area contributed by atoms with Crippen molar-refractivity contribution in [2.45, 2.75) is 36.1 Å². The van der Waals surface area contributed by atoms with E-state index in [0.29, 0.717) is 11.1 Å². The normalized spacial score (nSPS) is 16.9. The van der Waals surface area contributed by atoms with Crippen molar-refractivity contribution < 1.29 is 26.0 Å². The zero-order chi connectivity index (χ0) is 30.4. The molecule has 11 nitrogen and oxygen atoms in total. The fourth-order valence-corrected chi connectivity index (χ4v) is 6.43. The third-order valence-electron chi connectivity index (χ3n) is 7.32. The highest BCUT2D eigenvalue weighted by Crippen LogP contribution is 2.36. The molecule has 1 aromatic heterocycles. The van der Waals surface area contributed by atoms with Crippen molar-refractivity contribution in [1.29, 1.82) is 5.26 Å². The largest absolute Gasteiger partial charge is 0.419 e. The van der Waals surface area contributed by atoms with Crippen LogP contribution in [0.1, 0.15) is 30.9 Å². The number of nitriles is 1. The molecule has 1 amide bonds. The van der Waals surface area contributed by atoms with E-state index in [2.05, 4.69) is 16.3 Å². The molecule has 0 radical (unpaired) electrons. The molecule has 1 aliphatic rings. The van der Waals surface area contributed by atoms with Gasteiger partial charge < -0.3 is 15.1 Å². The second kappa shape index (κ2) is 10.5. The number of sulfone groups is 2. The Hall–Kier alpha value is -4.38. The molecule has 13 heteroatoms. The van der Waals surface area contributed by atoms with Crippen molar-refractivity contribution >= 4 is 31.3 Å². The van der Waals surface area contributed by atoms with Gasteiger partial charge >= 0.3 is 0 Å². The molecule has 4 aromatic rings. The average Bonchev–Trinajstić information content (AvgIpc) is 3.44. The lowest BCUT2D eigenvalue weighted by Crippen LogP contribution is -2.45. The van der Waals surface area contributed by atoms with Crippen LogP contribution in [0.15, 0.2) is 76.0 Å². The first kappa shape index (κ1) is 29.1. The van der Waals surface area contributed by atoms with Crippen LogP contribution in [-0.2, 0) is 35.8 Å². The summed E-state index contributed by atoms with van der Waals surface area (Å²) >= 11 is 0. The van der Waals surface area contributed by atoms with E-state index in [9.17, 15) is 21.6 Å². The first-order valence-corrected chi connectivity index (χ1v) is 16.3. The number of benzene rings is 3. The predicted octanol–water partition coefficient (Wildman–Crippen LogP) is 3.20. The van der Waals surface area contributed by atoms with Crippen LogP contribution in [0.4, 0.5) is 5.69 Å². The van der Waals surface area contributed by atoms with Crippen molar-refractivity contribution in [3.05, 3.63) is 83.7 Å². The molecular formula is C29H27N5O6S2. The number of anilines is 1. The molecule has 216 valence electrons. The fourth-order valence-electron chi connectivity index (χ4n) is 4.47. The van der Waals surface area contributed by atoms with Gasteiger partial charge in [-0.1, -0.05) is 36.4 Å². The van der Waals surface area contributed by atoms with E-state index < -0.39 is 42.1 Å². The maximum absolute atomic E-state index is 13.4. The van der Waals surface area contributed by atoms with Crippen molar-refractivity contribution in [2.24, 2.45) is 5.73 Å². The highest BCUT2D eigenvalue weighted by molar-refractivity contribution is 7.92. The number of aromatic nitrogens is 2. The Morgan fingerprint density at radius 1 is 1.02 bits per heavy atom. The topological polar surface area (TPSA) is 177 Å². The molecule has 0 saturated heterocycles. The summed E-state index contributed by atoms with van der Waals surface area (Å²) in [6, 6.07) is 19.6. The number of nitrogens with two attached hydrogens (primary N) is 1. The highest BCUT2D eigenvalue weighted by atomic mass is 32.2. The quantitative estimate of drug-likeness (QED) is 0.343. The van der Waals surface area contributed by atoms with Gasteiger partial charge in [0.1, 0.15) is 4.75 Å². The zero-order valence-electron chi connectivity index (χ0n) is 23.0. The van der Waals surface area contributed by atoms with Crippen molar-refractivity contribution in [1.82, 2.24) is 10.2 Å². The van der Waals surface area contributed by atoms with Gasteiger partial charge in [-0.2, -0.15) is 5.26 Å². The molecule has 1 atom stereocenters. The van der Waals surface area contributed by atoms with E-state index >= 15 is 0 Å². The number of carbonyl (C=O) groups is 1. The average molecular weight is 606 g/mol. The van der Waals surface area contributed by atoms with Crippen molar-refractivity contribution in [3.63, 3.8) is 0 Å². The van der Waals surface area contributed by atoms with E-state index in [1.807, 2.05) is 36.4 Å². The van der Waals surface area contributed by atoms with E-state index in [-0.39, 0.29) is 28.9 Å². The summed E-state index contributed by atoms with van der Waals surface area (Å²) in [7, 11) is -7.52. The Bertz CT molecular complexity index is 1940. The first-order valence-electron chi connectivity index (χ1n) is 12.8. The van der Waals surface area contributed by atoms with Crippen LogP contribution < -0.4 is 10.6 Å². The lowest BCUT2D eigenvalue weighted by Gasteiger charge is -2.24. The maximum Gasteiger partial charge on any atom is 0.247 e. The molecule has 0 fully saturated rings. The summed E-state index contributed by atoms with van der Waals surface area (Å²) in [6.07, 6.45) is 1.06. The number of fused-ring (bicyclic) bond motifs is 1. The molecule has 0 bridgehead atoms. The summed E-state index contributed by atoms with van der Waals surface area (Å²) < 4.78 is 55.1. The number of amides is 1. The summed E-state index contributed by atoms with van der Waals surface area (Å²) in [4.78, 5) is 14.7. The monoisotopic (exact) mass is 605 g/mol. The Kier molecular flexibility index (Phi) is 7.26. The maximum atomic E-state index is 13.4. The molecule has 0 spiro atoms. The van der Waals surface area contributed by atoms with Gasteiger partial charge in [-0.15, -0.1) is 10.2 Å². The number of hydrogen-bond acceptors (Lipinski definition) is 10. The molecule has 0 unspecified atom stereocenters. The van der Waals surface area contributed by atoms with Gasteiger partial charge in [0.25, 0.3) is 0 Å². The summed E-state index contributed by atoms with van der Waals surface area (Å²) in [5.41, 5.74) is 9.54. The first-order chi connectivity index (χ1) is 19.7. The summed E-state index contributed by atoms with van der Waals surface area (Å²) in [6.45, 7) is 2.91. The minimum atomic E-state index is -3.93. The van der Waals surface area contributed by atoms with Crippen LogP contribution in [-0.4, -0.2) is 51.0 Å². The molecule has 2 heterocycles. The predicted molar refractivity (Wildman–Crippen MR) is 155 cm³/mol. The van der Waals surface area contributed by atoms with E-state index in [1.54, 1.807) is 12.1 Å². The van der Waals surface area contributed by atoms with Gasteiger partial charge in [0, 0.05) is 11.8 Å². The molecule has 42 heavy (non-hydrogen) atoms. The van der Waals surface area contributed by atoms with Gasteiger partial charge in [-0.05, 0) is 60.9 Å². The van der Waals surface area contributed by atoms with Gasteiger partial charge in [0.05, 0.1) is 40.6 Å². The molecule has 2 N–H and O–H groups in total. The Morgan fingerprint density at radius 3 is 2.21 bits per heavy atom. The van der Waals surface area contributed by atoms with Crippen LogP contribution in [0.5, 0.6) is 0 Å². The standard InChI is InChI=1S/C29H27N5O6S2/c1-29(2,41(3,36)37)28-33-32-26(40-28)22-12-13-25-24(14-22)34(27(35)23(31)17-42(25,38)39)16-19-6-10-21(11-7-19)20-8-4-18(15-30)5-9-20/h4-14,23H,16-17,31H2,1-3H3/t23-/m0/s1. The van der Waals surface area contributed by atoms with Crippen molar-refractivity contribution in [2.75, 3.05) is 16.9 Å². The molecule has 3 aromatic carbocycles.